The molecule has 0 fully saturated rings. The van der Waals surface area contributed by atoms with Crippen LogP contribution in [0, 0.1) is 0 Å². The van der Waals surface area contributed by atoms with Crippen molar-refractivity contribution >= 4 is 54.3 Å². The maximum atomic E-state index is 9.28. The van der Waals surface area contributed by atoms with Gasteiger partial charge in [-0.15, -0.1) is 0 Å². The van der Waals surface area contributed by atoms with Gasteiger partial charge in [0.1, 0.15) is 11.2 Å². The fourth-order valence-corrected chi connectivity index (χ4v) is 7.00. The molecule has 0 bridgehead atoms. The number of furan rings is 1. The molecule has 0 N–H and O–H groups in total. The number of hydrogen-bond acceptors (Lipinski definition) is 1. The standard InChI is InChI=1S/C48H30O/c1-2-13-32(14-3-1)46-39-18-6-8-20-41(39)47(42-21-9-7-19-40(42)46)37-17-10-16-34(29-37)35-26-27-43-45(30-35)49-44-23-11-22-38(48(43)44)36-25-24-31-12-4-5-15-33(31)28-36/h1-30H/i1D,2D,3D,6D,7D,8D,9D,13D,14D,18D,19D,20D,21D. The Morgan fingerprint density at radius 1 is 0.367 bits per heavy atom. The summed E-state index contributed by atoms with van der Waals surface area (Å²) in [6, 6.07) is 25.0. The van der Waals surface area contributed by atoms with Crippen molar-refractivity contribution in [3.8, 4) is 44.5 Å². The second-order valence-electron chi connectivity index (χ2n) is 11.9. The maximum Gasteiger partial charge on any atom is 0.136 e. The van der Waals surface area contributed by atoms with Crippen LogP contribution in [0.25, 0.3) is 98.8 Å². The van der Waals surface area contributed by atoms with E-state index in [2.05, 4.69) is 36.4 Å². The van der Waals surface area contributed by atoms with E-state index in [1.165, 1.54) is 0 Å². The fraction of sp³-hybridized carbons (Fsp3) is 0. The Hall–Kier alpha value is -6.44. The molecule has 0 spiro atoms. The molecule has 0 saturated heterocycles. The molecule has 9 aromatic carbocycles. The van der Waals surface area contributed by atoms with Crippen LogP contribution in [0.15, 0.2) is 186 Å². The van der Waals surface area contributed by atoms with Crippen LogP contribution in [0.4, 0.5) is 0 Å². The summed E-state index contributed by atoms with van der Waals surface area (Å²) in [6.45, 7) is 0. The molecule has 1 heteroatoms. The van der Waals surface area contributed by atoms with E-state index in [0.29, 0.717) is 22.3 Å². The second-order valence-corrected chi connectivity index (χ2v) is 11.9. The van der Waals surface area contributed by atoms with Gasteiger partial charge in [-0.1, -0.05) is 151 Å². The third-order valence-corrected chi connectivity index (χ3v) is 9.17. The van der Waals surface area contributed by atoms with E-state index in [-0.39, 0.29) is 32.7 Å². The molecule has 0 aliphatic rings. The van der Waals surface area contributed by atoms with Crippen LogP contribution >= 0.6 is 0 Å². The van der Waals surface area contributed by atoms with Crippen molar-refractivity contribution in [2.24, 2.45) is 0 Å². The average Bonchev–Trinajstić information content (AvgIpc) is 3.67. The Morgan fingerprint density at radius 2 is 0.980 bits per heavy atom. The van der Waals surface area contributed by atoms with Crippen LogP contribution in [0.5, 0.6) is 0 Å². The lowest BCUT2D eigenvalue weighted by atomic mass is 9.85. The van der Waals surface area contributed by atoms with Crippen LogP contribution in [-0.2, 0) is 0 Å². The molecular formula is C48H30O. The lowest BCUT2D eigenvalue weighted by Crippen LogP contribution is -1.91. The highest BCUT2D eigenvalue weighted by molar-refractivity contribution is 6.21. The molecule has 0 aliphatic carbocycles. The SMILES string of the molecule is [2H]c1c([2H])c([2H])c(-c2c3c([2H])c([2H])c([2H])c([2H])c3c(-c3cccc(-c4ccc5c(c4)oc4cccc(-c6ccc7ccccc7c6)c45)c3)c3c([2H])c([2H])c([2H])c([2H])c23)c([2H])c1[2H]. The molecule has 1 nitrogen and oxygen atoms in total. The van der Waals surface area contributed by atoms with Gasteiger partial charge in [0.05, 0.1) is 17.8 Å². The smallest absolute Gasteiger partial charge is 0.136 e. The van der Waals surface area contributed by atoms with Crippen LogP contribution in [-0.4, -0.2) is 0 Å². The Kier molecular flexibility index (Phi) is 3.99. The first-order chi connectivity index (χ1) is 29.7. The van der Waals surface area contributed by atoms with Gasteiger partial charge in [0.25, 0.3) is 0 Å². The average molecular weight is 636 g/mol. The van der Waals surface area contributed by atoms with Crippen molar-refractivity contribution in [2.75, 3.05) is 0 Å². The summed E-state index contributed by atoms with van der Waals surface area (Å²) in [7, 11) is 0. The molecule has 0 aliphatic heterocycles. The minimum atomic E-state index is -0.716. The number of benzene rings is 9. The van der Waals surface area contributed by atoms with E-state index < -0.39 is 84.1 Å². The fourth-order valence-electron chi connectivity index (χ4n) is 7.00. The Bertz CT molecular complexity index is 3520. The highest BCUT2D eigenvalue weighted by Gasteiger charge is 2.18. The molecule has 1 heterocycles. The van der Waals surface area contributed by atoms with Crippen molar-refractivity contribution in [1.82, 2.24) is 0 Å². The summed E-state index contributed by atoms with van der Waals surface area (Å²) < 4.78 is 121. The van der Waals surface area contributed by atoms with Crippen molar-refractivity contribution in [3.63, 3.8) is 0 Å². The lowest BCUT2D eigenvalue weighted by molar-refractivity contribution is 0.669. The maximum absolute atomic E-state index is 9.28. The van der Waals surface area contributed by atoms with E-state index in [4.69, 9.17) is 16.8 Å². The quantitative estimate of drug-likeness (QED) is 0.175. The number of rotatable bonds is 4. The zero-order valence-electron chi connectivity index (χ0n) is 38.7. The van der Waals surface area contributed by atoms with Gasteiger partial charge in [0.15, 0.2) is 0 Å². The first-order valence-corrected chi connectivity index (χ1v) is 15.8. The van der Waals surface area contributed by atoms with Gasteiger partial charge >= 0.3 is 0 Å². The highest BCUT2D eigenvalue weighted by atomic mass is 16.3. The number of hydrogen-bond donors (Lipinski definition) is 0. The first-order valence-electron chi connectivity index (χ1n) is 22.3. The minimum absolute atomic E-state index is 0.0665. The molecule has 1 aromatic heterocycles. The van der Waals surface area contributed by atoms with Crippen molar-refractivity contribution in [1.29, 1.82) is 0 Å². The molecule has 0 amide bonds. The van der Waals surface area contributed by atoms with Crippen LogP contribution in [0.3, 0.4) is 0 Å². The second kappa shape index (κ2) is 11.1. The summed E-state index contributed by atoms with van der Waals surface area (Å²) in [6.07, 6.45) is 0. The van der Waals surface area contributed by atoms with E-state index in [1.807, 2.05) is 48.5 Å². The molecule has 0 atom stereocenters. The Balaban J connectivity index is 1.25. The number of fused-ring (bicyclic) bond motifs is 6. The van der Waals surface area contributed by atoms with E-state index in [1.54, 1.807) is 18.2 Å². The predicted octanol–water partition coefficient (Wildman–Crippen LogP) is 13.7. The van der Waals surface area contributed by atoms with Gasteiger partial charge in [-0.25, -0.2) is 0 Å². The van der Waals surface area contributed by atoms with Gasteiger partial charge in [-0.3, -0.25) is 0 Å². The molecule has 0 unspecified atom stereocenters. The molecule has 0 saturated carbocycles. The van der Waals surface area contributed by atoms with Gasteiger partial charge in [-0.05, 0) is 107 Å². The highest BCUT2D eigenvalue weighted by Crippen LogP contribution is 2.45. The Morgan fingerprint density at radius 3 is 1.73 bits per heavy atom. The largest absolute Gasteiger partial charge is 0.456 e. The van der Waals surface area contributed by atoms with Gasteiger partial charge in [0, 0.05) is 10.8 Å². The first kappa shape index (κ1) is 17.6. The predicted molar refractivity (Wildman–Crippen MR) is 208 cm³/mol. The van der Waals surface area contributed by atoms with Crippen molar-refractivity contribution in [2.45, 2.75) is 0 Å². The normalized spacial score (nSPS) is 15.4. The molecule has 228 valence electrons. The zero-order chi connectivity index (χ0) is 43.6. The molecule has 10 aromatic rings. The van der Waals surface area contributed by atoms with Crippen LogP contribution in [0.2, 0.25) is 0 Å². The monoisotopic (exact) mass is 635 g/mol. The Labute approximate surface area is 302 Å². The van der Waals surface area contributed by atoms with Crippen molar-refractivity contribution < 1.29 is 22.2 Å². The molecular weight excluding hydrogens is 593 g/mol. The molecule has 0 radical (unpaired) electrons. The minimum Gasteiger partial charge on any atom is -0.456 e. The summed E-state index contributed by atoms with van der Waals surface area (Å²) in [4.78, 5) is 0. The molecule has 49 heavy (non-hydrogen) atoms. The van der Waals surface area contributed by atoms with Crippen molar-refractivity contribution in [3.05, 3.63) is 182 Å². The zero-order valence-corrected chi connectivity index (χ0v) is 25.7. The third-order valence-electron chi connectivity index (χ3n) is 9.17. The van der Waals surface area contributed by atoms with E-state index in [0.717, 1.165) is 38.2 Å². The van der Waals surface area contributed by atoms with Gasteiger partial charge < -0.3 is 4.42 Å². The lowest BCUT2D eigenvalue weighted by Gasteiger charge is -2.18. The van der Waals surface area contributed by atoms with Crippen LogP contribution < -0.4 is 0 Å². The third kappa shape index (κ3) is 4.47. The summed E-state index contributed by atoms with van der Waals surface area (Å²) >= 11 is 0. The van der Waals surface area contributed by atoms with E-state index in [9.17, 15) is 5.48 Å². The van der Waals surface area contributed by atoms with Gasteiger partial charge in [-0.2, -0.15) is 0 Å². The van der Waals surface area contributed by atoms with Gasteiger partial charge in [0.2, 0.25) is 0 Å². The van der Waals surface area contributed by atoms with Crippen LogP contribution in [0.1, 0.15) is 17.8 Å². The summed E-state index contributed by atoms with van der Waals surface area (Å²) in [5.74, 6) is 0. The summed E-state index contributed by atoms with van der Waals surface area (Å²) in [5, 5.41) is 3.33. The topological polar surface area (TPSA) is 13.1 Å². The van der Waals surface area contributed by atoms with E-state index >= 15 is 0 Å². The summed E-state index contributed by atoms with van der Waals surface area (Å²) in [5.41, 5.74) is 4.43. The molecule has 10 rings (SSSR count).